The molecule has 0 saturated carbocycles. The third-order valence-electron chi connectivity index (χ3n) is 4.90. The average molecular weight is 375 g/mol. The smallest absolute Gasteiger partial charge is 0.152 e. The summed E-state index contributed by atoms with van der Waals surface area (Å²) in [6.45, 7) is 1.91. The van der Waals surface area contributed by atoms with Gasteiger partial charge in [0.2, 0.25) is 0 Å². The van der Waals surface area contributed by atoms with Crippen LogP contribution >= 0.6 is 0 Å². The molecule has 2 aromatic carbocycles. The second-order valence-corrected chi connectivity index (χ2v) is 6.65. The van der Waals surface area contributed by atoms with Crippen LogP contribution in [0.15, 0.2) is 55.0 Å². The van der Waals surface area contributed by atoms with Crippen molar-refractivity contribution in [3.8, 4) is 16.9 Å². The van der Waals surface area contributed by atoms with Crippen molar-refractivity contribution in [2.75, 3.05) is 0 Å². The molecule has 0 aliphatic rings. The average Bonchev–Trinajstić information content (AvgIpc) is 3.21. The fraction of sp³-hybridized carbons (Fsp3) is 0.0952. The van der Waals surface area contributed by atoms with Crippen LogP contribution in [0.4, 0.5) is 8.78 Å². The highest BCUT2D eigenvalue weighted by Gasteiger charge is 2.22. The van der Waals surface area contributed by atoms with Crippen molar-refractivity contribution in [1.82, 2.24) is 24.3 Å². The van der Waals surface area contributed by atoms with E-state index in [1.165, 1.54) is 12.4 Å². The largest absolute Gasteiger partial charge is 0.280 e. The molecule has 0 atom stereocenters. The van der Waals surface area contributed by atoms with Gasteiger partial charge < -0.3 is 0 Å². The van der Waals surface area contributed by atoms with Gasteiger partial charge in [0, 0.05) is 36.3 Å². The topological polar surface area (TPSA) is 48.5 Å². The van der Waals surface area contributed by atoms with Crippen molar-refractivity contribution < 1.29 is 8.78 Å². The highest BCUT2D eigenvalue weighted by Crippen LogP contribution is 2.36. The number of imidazole rings is 1. The molecule has 0 aliphatic heterocycles. The molecule has 5 aromatic rings. The van der Waals surface area contributed by atoms with E-state index in [9.17, 15) is 8.78 Å². The number of benzene rings is 2. The maximum absolute atomic E-state index is 14.6. The van der Waals surface area contributed by atoms with E-state index < -0.39 is 11.6 Å². The maximum atomic E-state index is 14.6. The molecule has 3 aromatic heterocycles. The maximum Gasteiger partial charge on any atom is 0.152 e. The number of hydrogen-bond acceptors (Lipinski definition) is 3. The van der Waals surface area contributed by atoms with Crippen LogP contribution in [0.3, 0.4) is 0 Å². The second-order valence-electron chi connectivity index (χ2n) is 6.65. The zero-order valence-electron chi connectivity index (χ0n) is 15.2. The van der Waals surface area contributed by atoms with Crippen LogP contribution in [0.1, 0.15) is 5.69 Å². The van der Waals surface area contributed by atoms with Crippen LogP contribution in [-0.2, 0) is 7.05 Å². The lowest BCUT2D eigenvalue weighted by Gasteiger charge is -2.11. The molecule has 0 aliphatic carbocycles. The van der Waals surface area contributed by atoms with Gasteiger partial charge in [-0.25, -0.2) is 13.8 Å². The van der Waals surface area contributed by atoms with Gasteiger partial charge in [-0.05, 0) is 24.6 Å². The van der Waals surface area contributed by atoms with Crippen molar-refractivity contribution in [3.63, 3.8) is 0 Å². The molecule has 138 valence electrons. The molecule has 0 unspecified atom stereocenters. The van der Waals surface area contributed by atoms with Crippen LogP contribution in [0.2, 0.25) is 0 Å². The van der Waals surface area contributed by atoms with Crippen molar-refractivity contribution in [2.45, 2.75) is 6.92 Å². The highest BCUT2D eigenvalue weighted by atomic mass is 19.1. The number of aryl methyl sites for hydroxylation is 2. The summed E-state index contributed by atoms with van der Waals surface area (Å²) in [5, 5.41) is 5.53. The number of fused-ring (bicyclic) bond motifs is 2. The first-order valence-corrected chi connectivity index (χ1v) is 8.75. The lowest BCUT2D eigenvalue weighted by Crippen LogP contribution is -2.04. The Morgan fingerprint density at radius 3 is 2.68 bits per heavy atom. The molecule has 0 spiro atoms. The Labute approximate surface area is 158 Å². The molecule has 0 fully saturated rings. The van der Waals surface area contributed by atoms with Crippen molar-refractivity contribution in [3.05, 3.63) is 72.3 Å². The molecule has 0 radical (unpaired) electrons. The first-order valence-electron chi connectivity index (χ1n) is 8.75. The molecule has 28 heavy (non-hydrogen) atoms. The Hall–Kier alpha value is -3.61. The first-order chi connectivity index (χ1) is 13.5. The zero-order valence-corrected chi connectivity index (χ0v) is 15.2. The molecule has 0 N–H and O–H groups in total. The van der Waals surface area contributed by atoms with E-state index in [4.69, 9.17) is 0 Å². The number of hydrogen-bond donors (Lipinski definition) is 0. The third kappa shape index (κ3) is 2.32. The molecule has 7 heteroatoms. The predicted octanol–water partition coefficient (Wildman–Crippen LogP) is 4.56. The summed E-state index contributed by atoms with van der Waals surface area (Å²) in [6, 6.07) is 11.8. The van der Waals surface area contributed by atoms with Crippen molar-refractivity contribution >= 4 is 21.9 Å². The SMILES string of the molecule is Cc1nn(C)c(-n2cnc3cc(F)cc(F)c32)c1-c1cccc2ncccc12. The Bertz CT molecular complexity index is 1360. The summed E-state index contributed by atoms with van der Waals surface area (Å²) in [5.74, 6) is -0.671. The van der Waals surface area contributed by atoms with E-state index in [0.717, 1.165) is 33.8 Å². The van der Waals surface area contributed by atoms with Crippen LogP contribution < -0.4 is 0 Å². The van der Waals surface area contributed by atoms with Crippen LogP contribution in [0.25, 0.3) is 38.9 Å². The molecule has 5 rings (SSSR count). The standard InChI is InChI=1S/C21H15F2N5/c1-12-19(15-5-3-7-17-14(15)6-4-8-24-17)21(27(2)26-12)28-11-25-18-10-13(22)9-16(23)20(18)28/h3-11H,1-2H3. The fourth-order valence-electron chi connectivity index (χ4n) is 3.79. The molecule has 3 heterocycles. The van der Waals surface area contributed by atoms with Crippen LogP contribution in [-0.4, -0.2) is 24.3 Å². The molecule has 0 amide bonds. The Morgan fingerprint density at radius 1 is 0.964 bits per heavy atom. The van der Waals surface area contributed by atoms with Crippen molar-refractivity contribution in [1.29, 1.82) is 0 Å². The monoisotopic (exact) mass is 375 g/mol. The Balaban J connectivity index is 1.87. The van der Waals surface area contributed by atoms with E-state index in [2.05, 4.69) is 15.1 Å². The van der Waals surface area contributed by atoms with Gasteiger partial charge in [0.15, 0.2) is 5.82 Å². The summed E-state index contributed by atoms with van der Waals surface area (Å²) < 4.78 is 31.5. The summed E-state index contributed by atoms with van der Waals surface area (Å²) in [6.07, 6.45) is 3.24. The lowest BCUT2D eigenvalue weighted by atomic mass is 10.0. The Kier molecular flexibility index (Phi) is 3.52. The van der Waals surface area contributed by atoms with Gasteiger partial charge in [0.25, 0.3) is 0 Å². The summed E-state index contributed by atoms with van der Waals surface area (Å²) in [5.41, 5.74) is 3.90. The van der Waals surface area contributed by atoms with Gasteiger partial charge in [-0.2, -0.15) is 5.10 Å². The normalized spacial score (nSPS) is 11.6. The number of rotatable bonds is 2. The highest BCUT2D eigenvalue weighted by molar-refractivity contribution is 5.97. The van der Waals surface area contributed by atoms with Gasteiger partial charge in [-0.1, -0.05) is 18.2 Å². The van der Waals surface area contributed by atoms with Gasteiger partial charge in [0.05, 0.1) is 16.7 Å². The predicted molar refractivity (Wildman–Crippen MR) is 103 cm³/mol. The number of pyridine rings is 1. The summed E-state index contributed by atoms with van der Waals surface area (Å²) in [7, 11) is 1.79. The lowest BCUT2D eigenvalue weighted by molar-refractivity contribution is 0.588. The van der Waals surface area contributed by atoms with E-state index in [-0.39, 0.29) is 11.0 Å². The molecular weight excluding hydrogens is 360 g/mol. The van der Waals surface area contributed by atoms with Crippen LogP contribution in [0.5, 0.6) is 0 Å². The van der Waals surface area contributed by atoms with E-state index in [1.54, 1.807) is 22.5 Å². The van der Waals surface area contributed by atoms with E-state index >= 15 is 0 Å². The number of halogens is 2. The third-order valence-corrected chi connectivity index (χ3v) is 4.90. The fourth-order valence-corrected chi connectivity index (χ4v) is 3.79. The second kappa shape index (κ2) is 5.95. The van der Waals surface area contributed by atoms with Gasteiger partial charge in [-0.3, -0.25) is 14.2 Å². The first kappa shape index (κ1) is 16.6. The van der Waals surface area contributed by atoms with E-state index in [0.29, 0.717) is 5.82 Å². The minimum atomic E-state index is -0.670. The molecule has 0 saturated heterocycles. The number of nitrogens with zero attached hydrogens (tertiary/aromatic N) is 5. The summed E-state index contributed by atoms with van der Waals surface area (Å²) in [4.78, 5) is 8.62. The Morgan fingerprint density at radius 2 is 1.82 bits per heavy atom. The summed E-state index contributed by atoms with van der Waals surface area (Å²) >= 11 is 0. The minimum Gasteiger partial charge on any atom is -0.280 e. The van der Waals surface area contributed by atoms with Crippen molar-refractivity contribution in [2.24, 2.45) is 7.05 Å². The zero-order chi connectivity index (χ0) is 19.4. The van der Waals surface area contributed by atoms with E-state index in [1.807, 2.05) is 37.3 Å². The van der Waals surface area contributed by atoms with Gasteiger partial charge in [0.1, 0.15) is 23.5 Å². The quantitative estimate of drug-likeness (QED) is 0.454. The van der Waals surface area contributed by atoms with Crippen LogP contribution in [0, 0.1) is 18.6 Å². The van der Waals surface area contributed by atoms with Gasteiger partial charge in [-0.15, -0.1) is 0 Å². The molecule has 0 bridgehead atoms. The van der Waals surface area contributed by atoms with Gasteiger partial charge >= 0.3 is 0 Å². The molecule has 5 nitrogen and oxygen atoms in total. The number of aromatic nitrogens is 5. The molecular formula is C21H15F2N5. The minimum absolute atomic E-state index is 0.212.